The molecule has 2 heterocycles. The fourth-order valence-corrected chi connectivity index (χ4v) is 4.24. The maximum Gasteiger partial charge on any atom is 0.449 e. The van der Waals surface area contributed by atoms with Crippen LogP contribution in [-0.2, 0) is 11.0 Å². The lowest BCUT2D eigenvalue weighted by Gasteiger charge is -2.30. The third kappa shape index (κ3) is 4.22. The van der Waals surface area contributed by atoms with E-state index in [0.29, 0.717) is 12.8 Å². The number of rotatable bonds is 4. The number of anilines is 1. The van der Waals surface area contributed by atoms with Crippen LogP contribution in [0.1, 0.15) is 24.7 Å². The molecule has 9 nitrogen and oxygen atoms in total. The van der Waals surface area contributed by atoms with E-state index >= 15 is 0 Å². The predicted molar refractivity (Wildman–Crippen MR) is 118 cm³/mol. The summed E-state index contributed by atoms with van der Waals surface area (Å²) in [6.07, 6.45) is -3.36. The van der Waals surface area contributed by atoms with Crippen LogP contribution in [0.4, 0.5) is 23.7 Å². The number of hydrogen-bond donors (Lipinski definition) is 2. The van der Waals surface area contributed by atoms with E-state index in [9.17, 15) is 22.8 Å². The summed E-state index contributed by atoms with van der Waals surface area (Å²) in [5.74, 6) is -1.60. The van der Waals surface area contributed by atoms with Crippen molar-refractivity contribution in [3.63, 3.8) is 0 Å². The van der Waals surface area contributed by atoms with Gasteiger partial charge in [0.25, 0.3) is 5.91 Å². The van der Waals surface area contributed by atoms with Gasteiger partial charge in [-0.25, -0.2) is 14.8 Å². The van der Waals surface area contributed by atoms with Crippen molar-refractivity contribution in [3.05, 3.63) is 46.2 Å². The second-order valence-corrected chi connectivity index (χ2v) is 8.66. The van der Waals surface area contributed by atoms with Crippen LogP contribution < -0.4 is 20.5 Å². The lowest BCUT2D eigenvalue weighted by Crippen LogP contribution is -2.64. The van der Waals surface area contributed by atoms with Crippen LogP contribution in [0.5, 0.6) is 11.5 Å². The van der Waals surface area contributed by atoms with E-state index in [1.807, 2.05) is 5.32 Å². The second kappa shape index (κ2) is 8.30. The minimum absolute atomic E-state index is 0.00436. The quantitative estimate of drug-likeness (QED) is 0.499. The van der Waals surface area contributed by atoms with Gasteiger partial charge in [-0.2, -0.15) is 23.9 Å². The summed E-state index contributed by atoms with van der Waals surface area (Å²) in [5, 5.41) is 11.9. The number of ether oxygens (including phenoxy) is 1. The topological polar surface area (TPSA) is 112 Å². The molecule has 1 aromatic heterocycles. The van der Waals surface area contributed by atoms with Crippen molar-refractivity contribution >= 4 is 51.9 Å². The van der Waals surface area contributed by atoms with Gasteiger partial charge in [-0.15, -0.1) is 0 Å². The zero-order chi connectivity index (χ0) is 25.1. The predicted octanol–water partition coefficient (Wildman–Crippen LogP) is 4.94. The fourth-order valence-electron chi connectivity index (χ4n) is 3.69. The first-order valence-corrected chi connectivity index (χ1v) is 10.9. The molecule has 0 spiro atoms. The number of nitrogens with zero attached hydrogens (tertiary/aromatic N) is 4. The van der Waals surface area contributed by atoms with Gasteiger partial charge in [0.05, 0.1) is 32.8 Å². The number of carbonyl (C=O) groups excluding carboxylic acids is 2. The Hall–Kier alpha value is -3.53. The molecule has 5 rings (SSSR count). The van der Waals surface area contributed by atoms with Crippen molar-refractivity contribution in [2.24, 2.45) is 0 Å². The first kappa shape index (κ1) is 23.2. The second-order valence-electron chi connectivity index (χ2n) is 7.85. The van der Waals surface area contributed by atoms with Crippen LogP contribution in [0.15, 0.2) is 30.3 Å². The molecule has 35 heavy (non-hydrogen) atoms. The third-order valence-corrected chi connectivity index (χ3v) is 5.93. The number of hydrogen-bond acceptors (Lipinski definition) is 6. The fraction of sp³-hybridized carbons (Fsp3) is 0.238. The number of urea groups is 1. The number of nitrogens with one attached hydrogen (secondary N) is 2. The van der Waals surface area contributed by atoms with Gasteiger partial charge in [0, 0.05) is 12.1 Å². The average Bonchev–Trinajstić information content (AvgIpc) is 3.55. The molecule has 0 bridgehead atoms. The van der Waals surface area contributed by atoms with Gasteiger partial charge >= 0.3 is 12.2 Å². The molecule has 1 saturated heterocycles. The number of alkyl halides is 3. The highest BCUT2D eigenvalue weighted by Gasteiger charge is 2.41. The number of carbonyl (C=O) groups is 2. The number of benzene rings is 2. The lowest BCUT2D eigenvalue weighted by molar-refractivity contribution is -0.147. The first-order chi connectivity index (χ1) is 16.6. The van der Waals surface area contributed by atoms with E-state index in [0.717, 1.165) is 5.01 Å². The Balaban J connectivity index is 1.47. The number of nitriles is 1. The van der Waals surface area contributed by atoms with Crippen LogP contribution in [0.3, 0.4) is 0 Å². The average molecular weight is 525 g/mol. The molecule has 0 radical (unpaired) electrons. The highest BCUT2D eigenvalue weighted by Crippen LogP contribution is 2.44. The van der Waals surface area contributed by atoms with E-state index in [1.165, 1.54) is 34.9 Å². The van der Waals surface area contributed by atoms with Crippen molar-refractivity contribution in [2.45, 2.75) is 31.1 Å². The molecule has 3 aromatic rings. The normalized spacial score (nSPS) is 18.5. The van der Waals surface area contributed by atoms with Crippen LogP contribution in [-0.4, -0.2) is 27.5 Å². The van der Waals surface area contributed by atoms with Crippen molar-refractivity contribution in [2.75, 3.05) is 5.01 Å². The summed E-state index contributed by atoms with van der Waals surface area (Å²) in [6, 6.07) is 6.17. The minimum Gasteiger partial charge on any atom is -0.454 e. The lowest BCUT2D eigenvalue weighted by atomic mass is 10.2. The molecule has 1 aliphatic carbocycles. The standard InChI is InChI=1S/C21H13Cl2F3N6O3/c22-12-5-10(32-20(34)29-18(33)15(8-27)30-32)6-13(23)17(12)35-11-3-4-14-16(7-11)31(9-1-2-9)19(28-14)21(24,25)26/h3-7,9,15,30H,1-2H2,(H,29,33,34). The van der Waals surface area contributed by atoms with Gasteiger partial charge in [0.15, 0.2) is 11.8 Å². The monoisotopic (exact) mass is 524 g/mol. The summed E-state index contributed by atoms with van der Waals surface area (Å²) < 4.78 is 47.4. The Labute approximate surface area is 204 Å². The molecule has 1 unspecified atom stereocenters. The number of imide groups is 1. The maximum atomic E-state index is 13.5. The van der Waals surface area contributed by atoms with Gasteiger partial charge in [-0.1, -0.05) is 23.2 Å². The molecule has 3 amide bonds. The molecule has 2 aromatic carbocycles. The van der Waals surface area contributed by atoms with E-state index in [4.69, 9.17) is 33.2 Å². The minimum atomic E-state index is -4.60. The molecule has 1 aliphatic heterocycles. The van der Waals surface area contributed by atoms with Crippen LogP contribution in [0.25, 0.3) is 11.0 Å². The van der Waals surface area contributed by atoms with Gasteiger partial charge < -0.3 is 9.30 Å². The van der Waals surface area contributed by atoms with E-state index in [2.05, 4.69) is 10.4 Å². The number of imidazole rings is 1. The van der Waals surface area contributed by atoms with E-state index in [-0.39, 0.29) is 44.3 Å². The summed E-state index contributed by atoms with van der Waals surface area (Å²) in [7, 11) is 0. The van der Waals surface area contributed by atoms with E-state index < -0.39 is 30.0 Å². The van der Waals surface area contributed by atoms with Crippen molar-refractivity contribution in [3.8, 4) is 17.6 Å². The number of halogens is 5. The Kier molecular flexibility index (Phi) is 5.51. The summed E-state index contributed by atoms with van der Waals surface area (Å²) in [4.78, 5) is 27.6. The van der Waals surface area contributed by atoms with Crippen LogP contribution >= 0.6 is 23.2 Å². The van der Waals surface area contributed by atoms with Gasteiger partial charge in [0.1, 0.15) is 5.75 Å². The molecule has 1 saturated carbocycles. The van der Waals surface area contributed by atoms with Crippen molar-refractivity contribution in [1.29, 1.82) is 5.26 Å². The zero-order valence-corrected chi connectivity index (χ0v) is 18.9. The van der Waals surface area contributed by atoms with Crippen molar-refractivity contribution < 1.29 is 27.5 Å². The van der Waals surface area contributed by atoms with E-state index in [1.54, 1.807) is 6.07 Å². The molecule has 2 fully saturated rings. The SMILES string of the molecule is N#CC1NN(c2cc(Cl)c(Oc3ccc4nc(C(F)(F)F)n(C5CC5)c4c3)c(Cl)c2)C(=O)NC1=O. The Morgan fingerprint density at radius 1 is 1.14 bits per heavy atom. The molecule has 1 atom stereocenters. The number of hydrazine groups is 1. The summed E-state index contributed by atoms with van der Waals surface area (Å²) >= 11 is 12.7. The van der Waals surface area contributed by atoms with Crippen molar-refractivity contribution in [1.82, 2.24) is 20.3 Å². The number of fused-ring (bicyclic) bond motifs is 1. The Bertz CT molecular complexity index is 1410. The third-order valence-electron chi connectivity index (χ3n) is 5.37. The first-order valence-electron chi connectivity index (χ1n) is 10.1. The highest BCUT2D eigenvalue weighted by atomic mass is 35.5. The molecular formula is C21H13Cl2F3N6O3. The van der Waals surface area contributed by atoms with Gasteiger partial charge in [-0.05, 0) is 37.1 Å². The molecule has 14 heteroatoms. The van der Waals surface area contributed by atoms with Gasteiger partial charge in [0.2, 0.25) is 5.82 Å². The molecular weight excluding hydrogens is 512 g/mol. The summed E-state index contributed by atoms with van der Waals surface area (Å²) in [6.45, 7) is 0. The highest BCUT2D eigenvalue weighted by molar-refractivity contribution is 6.37. The largest absolute Gasteiger partial charge is 0.454 e. The van der Waals surface area contributed by atoms with Crippen LogP contribution in [0, 0.1) is 11.3 Å². The number of aromatic nitrogens is 2. The smallest absolute Gasteiger partial charge is 0.449 e. The molecule has 2 N–H and O–H groups in total. The maximum absolute atomic E-state index is 13.5. The zero-order valence-electron chi connectivity index (χ0n) is 17.4. The molecule has 2 aliphatic rings. The van der Waals surface area contributed by atoms with Gasteiger partial charge in [-0.3, -0.25) is 10.1 Å². The summed E-state index contributed by atoms with van der Waals surface area (Å²) in [5.41, 5.74) is 3.01. The Morgan fingerprint density at radius 3 is 2.43 bits per heavy atom. The van der Waals surface area contributed by atoms with Crippen LogP contribution in [0.2, 0.25) is 10.0 Å². The Morgan fingerprint density at radius 2 is 1.83 bits per heavy atom. The number of amides is 3. The molecule has 180 valence electrons.